The van der Waals surface area contributed by atoms with E-state index in [2.05, 4.69) is 22.7 Å². The number of nitrogens with two attached hydrogens (primary N) is 1. The lowest BCUT2D eigenvalue weighted by Crippen LogP contribution is -2.23. The van der Waals surface area contributed by atoms with Crippen LogP contribution in [0.1, 0.15) is 21.7 Å². The molecule has 0 aliphatic heterocycles. The number of thiocarbonyl (C=S) groups is 1. The maximum atomic E-state index is 12.4. The van der Waals surface area contributed by atoms with Gasteiger partial charge in [-0.1, -0.05) is 41.9 Å². The minimum absolute atomic E-state index is 0.0611. The van der Waals surface area contributed by atoms with Gasteiger partial charge in [0.05, 0.1) is 11.8 Å². The number of hydrazone groups is 1. The third-order valence-corrected chi connectivity index (χ3v) is 4.15. The third-order valence-electron chi connectivity index (χ3n) is 3.69. The Balaban J connectivity index is 1.69. The minimum Gasteiger partial charge on any atom is -0.457 e. The average molecular weight is 414 g/mol. The van der Waals surface area contributed by atoms with Gasteiger partial charge in [0, 0.05) is 16.1 Å². The molecule has 3 aromatic rings. The van der Waals surface area contributed by atoms with Crippen LogP contribution in [0.15, 0.2) is 70.2 Å². The second-order valence-corrected chi connectivity index (χ2v) is 6.53. The fourth-order valence-corrected chi connectivity index (χ4v) is 2.62. The molecule has 0 radical (unpaired) electrons. The zero-order chi connectivity index (χ0) is 19.9. The van der Waals surface area contributed by atoms with Crippen molar-refractivity contribution >= 4 is 41.1 Å². The molecule has 0 saturated carbocycles. The molecule has 3 rings (SSSR count). The maximum Gasteiger partial charge on any atom is 0.338 e. The average Bonchev–Trinajstić information content (AvgIpc) is 3.16. The molecule has 28 heavy (non-hydrogen) atoms. The Bertz CT molecular complexity index is 1030. The van der Waals surface area contributed by atoms with Crippen LogP contribution < -0.4 is 11.2 Å². The number of carbonyl (C=O) groups excluding carboxylic acids is 1. The van der Waals surface area contributed by atoms with Gasteiger partial charge in [0.25, 0.3) is 0 Å². The van der Waals surface area contributed by atoms with Crippen LogP contribution in [0.5, 0.6) is 0 Å². The Morgan fingerprint density at radius 3 is 2.82 bits per heavy atom. The largest absolute Gasteiger partial charge is 0.457 e. The molecule has 0 fully saturated rings. The summed E-state index contributed by atoms with van der Waals surface area (Å²) in [5.74, 6) is 0.638. The molecular weight excluding hydrogens is 398 g/mol. The van der Waals surface area contributed by atoms with Crippen LogP contribution in [-0.2, 0) is 11.3 Å². The standard InChI is InChI=1S/C20H16ClN3O3S/c21-17-7-2-1-4-15(17)12-26-19(25)14-6-3-5-13(10-14)18-9-8-16(27-18)11-23-24-20(22)28/h1-11H,12H2,(H3,22,24,28). The number of esters is 1. The molecule has 142 valence electrons. The van der Waals surface area contributed by atoms with E-state index in [1.807, 2.05) is 24.3 Å². The summed E-state index contributed by atoms with van der Waals surface area (Å²) in [5.41, 5.74) is 9.62. The lowest BCUT2D eigenvalue weighted by atomic mass is 10.1. The van der Waals surface area contributed by atoms with E-state index >= 15 is 0 Å². The van der Waals surface area contributed by atoms with Gasteiger partial charge < -0.3 is 14.9 Å². The van der Waals surface area contributed by atoms with Crippen molar-refractivity contribution in [3.05, 3.63) is 82.6 Å². The van der Waals surface area contributed by atoms with Gasteiger partial charge in [-0.15, -0.1) is 0 Å². The van der Waals surface area contributed by atoms with Gasteiger partial charge in [0.15, 0.2) is 5.11 Å². The van der Waals surface area contributed by atoms with Crippen molar-refractivity contribution in [3.63, 3.8) is 0 Å². The first-order valence-electron chi connectivity index (χ1n) is 8.22. The summed E-state index contributed by atoms with van der Waals surface area (Å²) in [6, 6.07) is 17.7. The summed E-state index contributed by atoms with van der Waals surface area (Å²) < 4.78 is 11.0. The van der Waals surface area contributed by atoms with Crippen molar-refractivity contribution in [2.45, 2.75) is 6.61 Å². The molecule has 0 atom stereocenters. The third kappa shape index (κ3) is 5.18. The van der Waals surface area contributed by atoms with Crippen molar-refractivity contribution in [3.8, 4) is 11.3 Å². The molecule has 1 heterocycles. The Morgan fingerprint density at radius 1 is 1.21 bits per heavy atom. The van der Waals surface area contributed by atoms with Crippen molar-refractivity contribution < 1.29 is 13.9 Å². The summed E-state index contributed by atoms with van der Waals surface area (Å²) in [6.07, 6.45) is 1.45. The summed E-state index contributed by atoms with van der Waals surface area (Å²) in [6.45, 7) is 0.0973. The van der Waals surface area contributed by atoms with Gasteiger partial charge in [-0.25, -0.2) is 4.79 Å². The summed E-state index contributed by atoms with van der Waals surface area (Å²) in [5, 5.41) is 4.45. The zero-order valence-corrected chi connectivity index (χ0v) is 16.2. The number of carbonyl (C=O) groups is 1. The second kappa shape index (κ2) is 9.16. The minimum atomic E-state index is -0.448. The van der Waals surface area contributed by atoms with Crippen LogP contribution >= 0.6 is 23.8 Å². The molecule has 0 aliphatic carbocycles. The molecule has 2 aromatic carbocycles. The van der Waals surface area contributed by atoms with E-state index in [9.17, 15) is 4.79 Å². The number of hydrogen-bond acceptors (Lipinski definition) is 5. The number of rotatable bonds is 6. The molecule has 3 N–H and O–H groups in total. The van der Waals surface area contributed by atoms with Gasteiger partial charge in [0.2, 0.25) is 0 Å². The van der Waals surface area contributed by atoms with Gasteiger partial charge >= 0.3 is 5.97 Å². The number of furan rings is 1. The Labute approximate surface area is 171 Å². The predicted molar refractivity (Wildman–Crippen MR) is 112 cm³/mol. The highest BCUT2D eigenvalue weighted by Crippen LogP contribution is 2.23. The Kier molecular flexibility index (Phi) is 6.41. The molecule has 0 bridgehead atoms. The van der Waals surface area contributed by atoms with E-state index in [0.29, 0.717) is 22.1 Å². The Morgan fingerprint density at radius 2 is 2.04 bits per heavy atom. The molecule has 0 amide bonds. The number of benzene rings is 2. The highest BCUT2D eigenvalue weighted by molar-refractivity contribution is 7.80. The summed E-state index contributed by atoms with van der Waals surface area (Å²) in [4.78, 5) is 12.4. The quantitative estimate of drug-likeness (QED) is 0.273. The molecule has 6 nitrogen and oxygen atoms in total. The summed E-state index contributed by atoms with van der Waals surface area (Å²) >= 11 is 10.7. The smallest absolute Gasteiger partial charge is 0.338 e. The van der Waals surface area contributed by atoms with Crippen LogP contribution in [0.25, 0.3) is 11.3 Å². The number of halogens is 1. The van der Waals surface area contributed by atoms with E-state index in [1.165, 1.54) is 6.21 Å². The van der Waals surface area contributed by atoms with E-state index < -0.39 is 5.97 Å². The molecule has 1 aromatic heterocycles. The fourth-order valence-electron chi connectivity index (χ4n) is 2.38. The monoisotopic (exact) mass is 413 g/mol. The van der Waals surface area contributed by atoms with Gasteiger partial charge in [-0.05, 0) is 42.5 Å². The van der Waals surface area contributed by atoms with E-state index in [0.717, 1.165) is 11.1 Å². The molecule has 8 heteroatoms. The lowest BCUT2D eigenvalue weighted by molar-refractivity contribution is 0.0473. The first-order chi connectivity index (χ1) is 13.5. The van der Waals surface area contributed by atoms with Crippen molar-refractivity contribution in [1.82, 2.24) is 5.43 Å². The first-order valence-corrected chi connectivity index (χ1v) is 9.01. The van der Waals surface area contributed by atoms with Crippen LogP contribution in [0, 0.1) is 0 Å². The van der Waals surface area contributed by atoms with E-state index in [-0.39, 0.29) is 11.7 Å². The molecule has 0 unspecified atom stereocenters. The van der Waals surface area contributed by atoms with Crippen molar-refractivity contribution in [2.75, 3.05) is 0 Å². The number of ether oxygens (including phenoxy) is 1. The number of nitrogens with zero attached hydrogens (tertiary/aromatic N) is 1. The highest BCUT2D eigenvalue weighted by Gasteiger charge is 2.11. The SMILES string of the molecule is NC(=S)NN=Cc1ccc(-c2cccc(C(=O)OCc3ccccc3Cl)c2)o1. The molecule has 0 aliphatic rings. The molecule has 0 saturated heterocycles. The fraction of sp³-hybridized carbons (Fsp3) is 0.0500. The summed E-state index contributed by atoms with van der Waals surface area (Å²) in [7, 11) is 0. The van der Waals surface area contributed by atoms with Crippen LogP contribution in [0.2, 0.25) is 5.02 Å². The number of nitrogens with one attached hydrogen (secondary N) is 1. The molecular formula is C20H16ClN3O3S. The van der Waals surface area contributed by atoms with Crippen molar-refractivity contribution in [1.29, 1.82) is 0 Å². The van der Waals surface area contributed by atoms with Crippen molar-refractivity contribution in [2.24, 2.45) is 10.8 Å². The van der Waals surface area contributed by atoms with Crippen LogP contribution in [-0.4, -0.2) is 17.3 Å². The predicted octanol–water partition coefficient (Wildman–Crippen LogP) is 4.12. The van der Waals surface area contributed by atoms with E-state index in [4.69, 9.17) is 26.5 Å². The van der Waals surface area contributed by atoms with Gasteiger partial charge in [-0.2, -0.15) is 5.10 Å². The van der Waals surface area contributed by atoms with Gasteiger partial charge in [-0.3, -0.25) is 5.43 Å². The topological polar surface area (TPSA) is 89.8 Å². The van der Waals surface area contributed by atoms with Crippen LogP contribution in [0.3, 0.4) is 0 Å². The van der Waals surface area contributed by atoms with E-state index in [1.54, 1.807) is 36.4 Å². The normalized spacial score (nSPS) is 10.8. The molecule has 0 spiro atoms. The maximum absolute atomic E-state index is 12.4. The number of hydrogen-bond donors (Lipinski definition) is 2. The van der Waals surface area contributed by atoms with Crippen LogP contribution in [0.4, 0.5) is 0 Å². The van der Waals surface area contributed by atoms with Gasteiger partial charge in [0.1, 0.15) is 18.1 Å². The first kappa shape index (κ1) is 19.6. The highest BCUT2D eigenvalue weighted by atomic mass is 35.5. The Hall–Kier alpha value is -3.16. The second-order valence-electron chi connectivity index (χ2n) is 5.68. The zero-order valence-electron chi connectivity index (χ0n) is 14.6. The lowest BCUT2D eigenvalue weighted by Gasteiger charge is -2.07.